The molecule has 5 heteroatoms. The molecule has 0 bridgehead atoms. The lowest BCUT2D eigenvalue weighted by Gasteiger charge is -2.58. The van der Waals surface area contributed by atoms with Crippen LogP contribution in [0.15, 0.2) is 103 Å². The maximum atomic E-state index is 5.92. The van der Waals surface area contributed by atoms with Crippen LogP contribution in [-0.2, 0) is 11.2 Å². The zero-order chi connectivity index (χ0) is 30.7. The van der Waals surface area contributed by atoms with Crippen LogP contribution in [0.4, 0.5) is 0 Å². The number of nitrogens with one attached hydrogen (secondary N) is 1. The molecule has 3 heterocycles. The van der Waals surface area contributed by atoms with Crippen molar-refractivity contribution in [2.45, 2.75) is 82.6 Å². The highest BCUT2D eigenvalue weighted by Crippen LogP contribution is 2.65. The number of hydrogen-bond donors (Lipinski definition) is 1. The Labute approximate surface area is 259 Å². The molecule has 4 unspecified atom stereocenters. The van der Waals surface area contributed by atoms with Crippen LogP contribution in [0.2, 0.25) is 19.6 Å². The van der Waals surface area contributed by atoms with Gasteiger partial charge in [-0.05, 0) is 55.5 Å². The van der Waals surface area contributed by atoms with E-state index in [0.717, 1.165) is 23.6 Å². The number of benzene rings is 1. The molecule has 1 spiro atoms. The van der Waals surface area contributed by atoms with Gasteiger partial charge in [-0.3, -0.25) is 4.99 Å². The molecular weight excluding hydrogens is 543 g/mol. The van der Waals surface area contributed by atoms with Gasteiger partial charge < -0.3 is 10.1 Å². The highest BCUT2D eigenvalue weighted by atomic mass is 28.3. The van der Waals surface area contributed by atoms with E-state index in [4.69, 9.17) is 9.73 Å². The summed E-state index contributed by atoms with van der Waals surface area (Å²) in [5, 5.41) is 4.57. The van der Waals surface area contributed by atoms with Gasteiger partial charge in [0.1, 0.15) is 5.76 Å². The van der Waals surface area contributed by atoms with E-state index in [9.17, 15) is 0 Å². The normalized spacial score (nSPS) is 26.1. The molecule has 1 aromatic carbocycles. The smallest absolute Gasteiger partial charge is 0.213 e. The summed E-state index contributed by atoms with van der Waals surface area (Å²) in [6, 6.07) is 11.9. The summed E-state index contributed by atoms with van der Waals surface area (Å²) in [7, 11) is 0.186. The third-order valence-corrected chi connectivity index (χ3v) is 12.6. The number of pyridine rings is 1. The van der Waals surface area contributed by atoms with Crippen LogP contribution in [0.1, 0.15) is 62.1 Å². The van der Waals surface area contributed by atoms with Crippen molar-refractivity contribution in [3.8, 4) is 11.3 Å². The molecule has 2 saturated carbocycles. The Bertz CT molecular complexity index is 1580. The molecule has 4 atom stereocenters. The van der Waals surface area contributed by atoms with E-state index in [2.05, 4.69) is 105 Å². The minimum Gasteiger partial charge on any atom is -0.442 e. The second kappa shape index (κ2) is 10.9. The quantitative estimate of drug-likeness (QED) is 0.141. The molecule has 2 aliphatic carbocycles. The minimum atomic E-state index is -1.61. The summed E-state index contributed by atoms with van der Waals surface area (Å²) >= 11 is 0. The summed E-state index contributed by atoms with van der Waals surface area (Å²) in [5.74, 6) is 2.24. The predicted octanol–water partition coefficient (Wildman–Crippen LogP) is 7.68. The molecule has 6 rings (SSSR count). The molecule has 1 N–H and O–H groups in total. The molecule has 1 aromatic heterocycles. The number of nitrogens with zero attached hydrogens (tertiary/aromatic N) is 2. The molecule has 224 valence electrons. The first kappa shape index (κ1) is 29.6. The van der Waals surface area contributed by atoms with Crippen LogP contribution >= 0.6 is 0 Å². The van der Waals surface area contributed by atoms with Crippen molar-refractivity contribution in [2.24, 2.45) is 16.8 Å². The number of aliphatic imine (C=N–C) groups is 1. The largest absolute Gasteiger partial charge is 0.442 e. The molecular formula is C38H48N3OSi+. The second-order valence-corrected chi connectivity index (χ2v) is 19.2. The summed E-state index contributed by atoms with van der Waals surface area (Å²) in [5.41, 5.74) is 8.34. The van der Waals surface area contributed by atoms with E-state index in [-0.39, 0.29) is 23.4 Å². The molecule has 0 saturated heterocycles. The van der Waals surface area contributed by atoms with Crippen LogP contribution in [-0.4, -0.2) is 26.4 Å². The predicted molar refractivity (Wildman–Crippen MR) is 182 cm³/mol. The third-order valence-electron chi connectivity index (χ3n) is 10.5. The lowest BCUT2D eigenvalue weighted by Crippen LogP contribution is -2.70. The summed E-state index contributed by atoms with van der Waals surface area (Å²) < 4.78 is 8.55. The first-order valence-corrected chi connectivity index (χ1v) is 19.5. The van der Waals surface area contributed by atoms with E-state index >= 15 is 0 Å². The molecule has 2 fully saturated rings. The Morgan fingerprint density at radius 1 is 1.16 bits per heavy atom. The van der Waals surface area contributed by atoms with Gasteiger partial charge in [-0.25, -0.2) is 0 Å². The molecule has 4 nitrogen and oxygen atoms in total. The number of hydrogen-bond acceptors (Lipinski definition) is 3. The monoisotopic (exact) mass is 590 g/mol. The fourth-order valence-electron chi connectivity index (χ4n) is 8.66. The van der Waals surface area contributed by atoms with Gasteiger partial charge in [0.15, 0.2) is 18.1 Å². The standard InChI is InChI=1S/C38H48N3OSi/c1-10-31-37-36(38(31)22-24(3)35(32(11-2)40-38)25(4)42-26(5)39-6)30-19-15-14-18-29(30)33-21-28(20-27-16-12-13-17-27)34(23-41(33)37)43(7,8)9/h10-11,14-15,18-19,21,23,27,31,36-37,39H,1-2,4-5,12-13,16-17,20,22H2,3,6-9H3/q+1. The van der Waals surface area contributed by atoms with Gasteiger partial charge >= 0.3 is 0 Å². The summed E-state index contributed by atoms with van der Waals surface area (Å²) in [6.07, 6.45) is 14.1. The average Bonchev–Trinajstić information content (AvgIpc) is 3.48. The van der Waals surface area contributed by atoms with Gasteiger partial charge in [-0.15, -0.1) is 6.58 Å². The second-order valence-electron chi connectivity index (χ2n) is 14.1. The number of dihydropyridines is 1. The summed E-state index contributed by atoms with van der Waals surface area (Å²) in [6.45, 7) is 26.5. The van der Waals surface area contributed by atoms with Crippen molar-refractivity contribution in [3.05, 3.63) is 109 Å². The van der Waals surface area contributed by atoms with E-state index in [1.54, 1.807) is 17.8 Å². The van der Waals surface area contributed by atoms with Crippen LogP contribution in [0.5, 0.6) is 0 Å². The Morgan fingerprint density at radius 2 is 1.88 bits per heavy atom. The number of fused-ring (bicyclic) bond motifs is 7. The maximum Gasteiger partial charge on any atom is 0.213 e. The average molecular weight is 591 g/mol. The van der Waals surface area contributed by atoms with Crippen molar-refractivity contribution in [2.75, 3.05) is 7.05 Å². The Balaban J connectivity index is 1.49. The van der Waals surface area contributed by atoms with Crippen LogP contribution in [0.25, 0.3) is 11.3 Å². The van der Waals surface area contributed by atoms with Gasteiger partial charge in [0.25, 0.3) is 0 Å². The molecule has 2 aromatic rings. The fraction of sp³-hybridized carbons (Fsp3) is 0.421. The topological polar surface area (TPSA) is 37.5 Å². The Morgan fingerprint density at radius 3 is 2.53 bits per heavy atom. The first-order valence-electron chi connectivity index (χ1n) is 16.0. The van der Waals surface area contributed by atoms with Gasteiger partial charge in [0, 0.05) is 29.4 Å². The lowest BCUT2D eigenvalue weighted by molar-refractivity contribution is -0.738. The SMILES string of the molecule is C=CC1=NC2(CC(C)=C1C(=C)OC(=C)NC)C(C=C)C1C2c2ccccc2-c2cc(CC3CCCC3)c([Si](C)(C)C)c[n+]21. The first-order chi connectivity index (χ1) is 20.5. The molecule has 4 aliphatic rings. The van der Waals surface area contributed by atoms with Crippen molar-refractivity contribution in [3.63, 3.8) is 0 Å². The van der Waals surface area contributed by atoms with Crippen molar-refractivity contribution in [1.82, 2.24) is 5.32 Å². The van der Waals surface area contributed by atoms with E-state index in [1.165, 1.54) is 54.5 Å². The number of aromatic nitrogens is 1. The highest BCUT2D eigenvalue weighted by molar-refractivity contribution is 6.89. The van der Waals surface area contributed by atoms with Gasteiger partial charge in [0.2, 0.25) is 5.69 Å². The van der Waals surface area contributed by atoms with Crippen LogP contribution < -0.4 is 15.1 Å². The van der Waals surface area contributed by atoms with Gasteiger partial charge in [-0.2, -0.15) is 4.57 Å². The lowest BCUT2D eigenvalue weighted by atomic mass is 9.48. The van der Waals surface area contributed by atoms with Crippen LogP contribution in [0, 0.1) is 11.8 Å². The molecule has 0 amide bonds. The molecule has 2 aliphatic heterocycles. The van der Waals surface area contributed by atoms with Crippen molar-refractivity contribution in [1.29, 1.82) is 0 Å². The molecule has 0 radical (unpaired) electrons. The Kier molecular flexibility index (Phi) is 7.53. The zero-order valence-corrected chi connectivity index (χ0v) is 27.8. The van der Waals surface area contributed by atoms with Crippen LogP contribution in [0.3, 0.4) is 0 Å². The number of allylic oxidation sites excluding steroid dienone is 2. The zero-order valence-electron chi connectivity index (χ0n) is 26.8. The Hall–Kier alpha value is -3.44. The van der Waals surface area contributed by atoms with Crippen molar-refractivity contribution < 1.29 is 9.30 Å². The fourth-order valence-corrected chi connectivity index (χ4v) is 10.3. The van der Waals surface area contributed by atoms with E-state index < -0.39 is 8.07 Å². The summed E-state index contributed by atoms with van der Waals surface area (Å²) in [4.78, 5) is 5.56. The van der Waals surface area contributed by atoms with E-state index in [0.29, 0.717) is 11.6 Å². The highest BCUT2D eigenvalue weighted by Gasteiger charge is 2.69. The minimum absolute atomic E-state index is 0.178. The van der Waals surface area contributed by atoms with Gasteiger partial charge in [-0.1, -0.05) is 88.3 Å². The number of ether oxygens (including phenoxy) is 1. The molecule has 43 heavy (non-hydrogen) atoms. The van der Waals surface area contributed by atoms with Gasteiger partial charge in [0.05, 0.1) is 31.2 Å². The van der Waals surface area contributed by atoms with E-state index in [1.807, 2.05) is 6.08 Å². The third kappa shape index (κ3) is 4.71. The van der Waals surface area contributed by atoms with Crippen molar-refractivity contribution >= 4 is 19.0 Å². The number of rotatable bonds is 9. The maximum absolute atomic E-state index is 5.92.